The number of amides is 1. The van der Waals surface area contributed by atoms with Crippen LogP contribution in [0.4, 0.5) is 5.69 Å². The van der Waals surface area contributed by atoms with E-state index in [9.17, 15) is 10.1 Å². The van der Waals surface area contributed by atoms with Crippen LogP contribution in [0.1, 0.15) is 5.56 Å². The SMILES string of the molecule is N#C/C(=C\c1ccc2c(c1)OCCO2)C(=O)Nc1ccccc1Oc1ccccc1. The molecule has 0 saturated heterocycles. The first-order valence-electron chi connectivity index (χ1n) is 9.37. The number of ether oxygens (including phenoxy) is 3. The second-order valence-corrected chi connectivity index (χ2v) is 6.44. The van der Waals surface area contributed by atoms with Gasteiger partial charge in [0.05, 0.1) is 5.69 Å². The smallest absolute Gasteiger partial charge is 0.266 e. The van der Waals surface area contributed by atoms with E-state index < -0.39 is 5.91 Å². The van der Waals surface area contributed by atoms with Crippen LogP contribution in [0, 0.1) is 11.3 Å². The van der Waals surface area contributed by atoms with Gasteiger partial charge in [-0.1, -0.05) is 36.4 Å². The fourth-order valence-corrected chi connectivity index (χ4v) is 2.93. The third kappa shape index (κ3) is 4.42. The topological polar surface area (TPSA) is 80.6 Å². The summed E-state index contributed by atoms with van der Waals surface area (Å²) in [6.07, 6.45) is 1.51. The predicted octanol–water partition coefficient (Wildman–Crippen LogP) is 4.80. The maximum Gasteiger partial charge on any atom is 0.266 e. The van der Waals surface area contributed by atoms with Crippen LogP contribution in [0.2, 0.25) is 0 Å². The number of nitrogens with zero attached hydrogens (tertiary/aromatic N) is 1. The highest BCUT2D eigenvalue weighted by Crippen LogP contribution is 2.32. The lowest BCUT2D eigenvalue weighted by molar-refractivity contribution is -0.112. The van der Waals surface area contributed by atoms with Gasteiger partial charge in [-0.25, -0.2) is 0 Å². The quantitative estimate of drug-likeness (QED) is 0.493. The molecule has 1 N–H and O–H groups in total. The molecule has 0 spiro atoms. The molecule has 1 aliphatic heterocycles. The first kappa shape index (κ1) is 19.1. The van der Waals surface area contributed by atoms with Gasteiger partial charge in [0.15, 0.2) is 17.2 Å². The lowest BCUT2D eigenvalue weighted by Crippen LogP contribution is -2.15. The maximum atomic E-state index is 12.7. The average molecular weight is 398 g/mol. The molecule has 1 aliphatic rings. The summed E-state index contributed by atoms with van der Waals surface area (Å²) in [5, 5.41) is 12.3. The van der Waals surface area contributed by atoms with Crippen LogP contribution in [0.15, 0.2) is 78.4 Å². The molecule has 1 heterocycles. The third-order valence-electron chi connectivity index (χ3n) is 4.35. The van der Waals surface area contributed by atoms with Crippen molar-refractivity contribution in [3.63, 3.8) is 0 Å². The zero-order valence-corrected chi connectivity index (χ0v) is 16.0. The monoisotopic (exact) mass is 398 g/mol. The number of para-hydroxylation sites is 3. The van der Waals surface area contributed by atoms with E-state index in [-0.39, 0.29) is 5.57 Å². The summed E-state index contributed by atoms with van der Waals surface area (Å²) in [6.45, 7) is 0.961. The Bertz CT molecular complexity index is 1130. The Kier molecular flexibility index (Phi) is 5.63. The number of hydrogen-bond donors (Lipinski definition) is 1. The molecule has 148 valence electrons. The van der Waals surface area contributed by atoms with E-state index in [1.54, 1.807) is 36.4 Å². The zero-order valence-electron chi connectivity index (χ0n) is 16.0. The van der Waals surface area contributed by atoms with Gasteiger partial charge in [-0.05, 0) is 48.0 Å². The Hall–Kier alpha value is -4.24. The molecule has 1 amide bonds. The highest BCUT2D eigenvalue weighted by Gasteiger charge is 2.15. The van der Waals surface area contributed by atoms with Crippen molar-refractivity contribution in [1.29, 1.82) is 5.26 Å². The Morgan fingerprint density at radius 3 is 2.50 bits per heavy atom. The van der Waals surface area contributed by atoms with Crippen molar-refractivity contribution in [2.75, 3.05) is 18.5 Å². The fraction of sp³-hybridized carbons (Fsp3) is 0.0833. The van der Waals surface area contributed by atoms with Crippen LogP contribution in [0.25, 0.3) is 6.08 Å². The van der Waals surface area contributed by atoms with E-state index in [0.717, 1.165) is 0 Å². The highest BCUT2D eigenvalue weighted by atomic mass is 16.6. The Morgan fingerprint density at radius 2 is 1.70 bits per heavy atom. The standard InChI is InChI=1S/C24H18N2O4/c25-16-18(14-17-10-11-22-23(15-17)29-13-12-28-22)24(27)26-20-8-4-5-9-21(20)30-19-6-2-1-3-7-19/h1-11,14-15H,12-13H2,(H,26,27)/b18-14+. The van der Waals surface area contributed by atoms with Crippen molar-refractivity contribution in [2.45, 2.75) is 0 Å². The van der Waals surface area contributed by atoms with Gasteiger partial charge < -0.3 is 19.5 Å². The van der Waals surface area contributed by atoms with Crippen LogP contribution >= 0.6 is 0 Å². The van der Waals surface area contributed by atoms with Crippen molar-refractivity contribution in [3.8, 4) is 29.1 Å². The molecule has 0 saturated carbocycles. The number of carbonyl (C=O) groups excluding carboxylic acids is 1. The molecule has 0 bridgehead atoms. The average Bonchev–Trinajstić information content (AvgIpc) is 2.79. The summed E-state index contributed by atoms with van der Waals surface area (Å²) in [5.74, 6) is 1.83. The van der Waals surface area contributed by atoms with Gasteiger partial charge in [-0.3, -0.25) is 4.79 Å². The Balaban J connectivity index is 1.54. The molecule has 6 heteroatoms. The van der Waals surface area contributed by atoms with Gasteiger partial charge in [0, 0.05) is 0 Å². The van der Waals surface area contributed by atoms with Gasteiger partial charge in [-0.15, -0.1) is 0 Å². The summed E-state index contributed by atoms with van der Waals surface area (Å²) in [4.78, 5) is 12.7. The summed E-state index contributed by atoms with van der Waals surface area (Å²) >= 11 is 0. The van der Waals surface area contributed by atoms with E-state index in [2.05, 4.69) is 5.32 Å². The van der Waals surface area contributed by atoms with Crippen molar-refractivity contribution < 1.29 is 19.0 Å². The molecule has 3 aromatic rings. The number of nitrogens with one attached hydrogen (secondary N) is 1. The van der Waals surface area contributed by atoms with Gasteiger partial charge in [0.1, 0.15) is 30.6 Å². The molecule has 0 radical (unpaired) electrons. The van der Waals surface area contributed by atoms with E-state index in [1.165, 1.54) is 6.08 Å². The molecule has 0 fully saturated rings. The lowest BCUT2D eigenvalue weighted by atomic mass is 10.1. The van der Waals surface area contributed by atoms with Crippen LogP contribution in [0.5, 0.6) is 23.0 Å². The molecule has 0 unspecified atom stereocenters. The van der Waals surface area contributed by atoms with Crippen LogP contribution < -0.4 is 19.5 Å². The first-order valence-corrected chi connectivity index (χ1v) is 9.37. The predicted molar refractivity (Wildman–Crippen MR) is 113 cm³/mol. The molecule has 0 aromatic heterocycles. The molecule has 0 aliphatic carbocycles. The first-order chi connectivity index (χ1) is 14.7. The van der Waals surface area contributed by atoms with Crippen LogP contribution in [-0.2, 0) is 4.79 Å². The number of benzene rings is 3. The van der Waals surface area contributed by atoms with Crippen LogP contribution in [0.3, 0.4) is 0 Å². The molecule has 6 nitrogen and oxygen atoms in total. The van der Waals surface area contributed by atoms with Crippen molar-refractivity contribution >= 4 is 17.7 Å². The minimum absolute atomic E-state index is 0.0406. The second-order valence-electron chi connectivity index (χ2n) is 6.44. The van der Waals surface area contributed by atoms with Gasteiger partial charge in [-0.2, -0.15) is 5.26 Å². The van der Waals surface area contributed by atoms with E-state index in [1.807, 2.05) is 42.5 Å². The Labute approximate surface area is 173 Å². The van der Waals surface area contributed by atoms with Gasteiger partial charge >= 0.3 is 0 Å². The van der Waals surface area contributed by atoms with Gasteiger partial charge in [0.2, 0.25) is 0 Å². The van der Waals surface area contributed by atoms with Crippen molar-refractivity contribution in [2.24, 2.45) is 0 Å². The lowest BCUT2D eigenvalue weighted by Gasteiger charge is -2.18. The minimum atomic E-state index is -0.531. The Morgan fingerprint density at radius 1 is 0.967 bits per heavy atom. The normalized spacial score (nSPS) is 12.6. The number of anilines is 1. The number of nitriles is 1. The highest BCUT2D eigenvalue weighted by molar-refractivity contribution is 6.10. The van der Waals surface area contributed by atoms with Crippen LogP contribution in [-0.4, -0.2) is 19.1 Å². The number of hydrogen-bond acceptors (Lipinski definition) is 5. The summed E-state index contributed by atoms with van der Waals surface area (Å²) in [5.41, 5.74) is 1.09. The van der Waals surface area contributed by atoms with E-state index in [0.29, 0.717) is 47.5 Å². The van der Waals surface area contributed by atoms with Crippen molar-refractivity contribution in [3.05, 3.63) is 83.9 Å². The number of carbonyl (C=O) groups is 1. The largest absolute Gasteiger partial charge is 0.486 e. The summed E-state index contributed by atoms with van der Waals surface area (Å²) < 4.78 is 16.9. The number of rotatable bonds is 5. The molecule has 3 aromatic carbocycles. The maximum absolute atomic E-state index is 12.7. The van der Waals surface area contributed by atoms with Gasteiger partial charge in [0.25, 0.3) is 5.91 Å². The number of fused-ring (bicyclic) bond motifs is 1. The zero-order chi connectivity index (χ0) is 20.8. The summed E-state index contributed by atoms with van der Waals surface area (Å²) in [7, 11) is 0. The fourth-order valence-electron chi connectivity index (χ4n) is 2.93. The molecular formula is C24H18N2O4. The third-order valence-corrected chi connectivity index (χ3v) is 4.35. The van der Waals surface area contributed by atoms with E-state index >= 15 is 0 Å². The minimum Gasteiger partial charge on any atom is -0.486 e. The van der Waals surface area contributed by atoms with E-state index in [4.69, 9.17) is 14.2 Å². The molecule has 30 heavy (non-hydrogen) atoms. The molecule has 4 rings (SSSR count). The van der Waals surface area contributed by atoms with Crippen molar-refractivity contribution in [1.82, 2.24) is 0 Å². The molecule has 0 atom stereocenters. The summed E-state index contributed by atoms with van der Waals surface area (Å²) in [6, 6.07) is 23.5. The molecular weight excluding hydrogens is 380 g/mol. The second kappa shape index (κ2) is 8.84.